The number of alkyl halides is 3. The molecule has 3 aromatic rings. The maximum atomic E-state index is 13.4. The summed E-state index contributed by atoms with van der Waals surface area (Å²) in [5.74, 6) is -0.193. The van der Waals surface area contributed by atoms with Crippen LogP contribution in [0.2, 0.25) is 0 Å². The first-order chi connectivity index (χ1) is 16.3. The number of fused-ring (bicyclic) bond motifs is 1. The summed E-state index contributed by atoms with van der Waals surface area (Å²) in [6.45, 7) is 1.17. The van der Waals surface area contributed by atoms with Crippen LogP contribution in [0, 0.1) is 11.2 Å². The van der Waals surface area contributed by atoms with Gasteiger partial charge in [0.1, 0.15) is 5.82 Å². The summed E-state index contributed by atoms with van der Waals surface area (Å²) in [5, 5.41) is 23.0. The van der Waals surface area contributed by atoms with E-state index >= 15 is 0 Å². The van der Waals surface area contributed by atoms with Crippen LogP contribution in [0.25, 0.3) is 16.5 Å². The molecule has 0 saturated carbocycles. The largest absolute Gasteiger partial charge is 0.418 e. The van der Waals surface area contributed by atoms with Gasteiger partial charge in [0, 0.05) is 47.9 Å². The molecule has 178 valence electrons. The Morgan fingerprint density at radius 1 is 1.12 bits per heavy atom. The van der Waals surface area contributed by atoms with Gasteiger partial charge in [0.15, 0.2) is 17.2 Å². The van der Waals surface area contributed by atoms with Crippen molar-refractivity contribution < 1.29 is 22.9 Å². The first-order valence-corrected chi connectivity index (χ1v) is 11.0. The third-order valence-electron chi connectivity index (χ3n) is 5.96. The fraction of sp³-hybridized carbons (Fsp3) is 0.292. The van der Waals surface area contributed by atoms with E-state index in [1.54, 1.807) is 6.08 Å². The van der Waals surface area contributed by atoms with Gasteiger partial charge in [-0.15, -0.1) is 10.2 Å². The fourth-order valence-corrected chi connectivity index (χ4v) is 4.27. The van der Waals surface area contributed by atoms with Crippen LogP contribution >= 0.6 is 0 Å². The molecule has 2 aromatic carbocycles. The van der Waals surface area contributed by atoms with Gasteiger partial charge in [0.2, 0.25) is 0 Å². The van der Waals surface area contributed by atoms with Crippen LogP contribution < -0.4 is 15.5 Å². The number of hydrogen-bond donors (Lipinski definition) is 3. The zero-order chi connectivity index (χ0) is 24.3. The van der Waals surface area contributed by atoms with E-state index in [2.05, 4.69) is 20.4 Å². The lowest BCUT2D eigenvalue weighted by Crippen LogP contribution is -2.76. The molecule has 1 aliphatic rings. The molecule has 0 radical (unpaired) electrons. The van der Waals surface area contributed by atoms with Crippen LogP contribution in [0.4, 0.5) is 29.1 Å². The Balaban J connectivity index is 1.54. The highest BCUT2D eigenvalue weighted by Gasteiger charge is 2.35. The number of aromatic nitrogens is 2. The number of allylic oxidation sites excluding steroid dienone is 1. The van der Waals surface area contributed by atoms with Crippen molar-refractivity contribution in [2.24, 2.45) is 0 Å². The van der Waals surface area contributed by atoms with Gasteiger partial charge in [0.25, 0.3) is 0 Å². The molecule has 1 saturated heterocycles. The van der Waals surface area contributed by atoms with E-state index in [0.29, 0.717) is 37.7 Å². The van der Waals surface area contributed by atoms with Gasteiger partial charge < -0.3 is 20.9 Å². The first-order valence-electron chi connectivity index (χ1n) is 11.0. The molecular weight excluding hydrogens is 448 g/mol. The molecule has 34 heavy (non-hydrogen) atoms. The first kappa shape index (κ1) is 23.6. The number of hydrogen-bond acceptors (Lipinski definition) is 5. The Kier molecular flexibility index (Phi) is 6.78. The molecule has 0 spiro atoms. The second-order valence-corrected chi connectivity index (χ2v) is 8.09. The lowest BCUT2D eigenvalue weighted by atomic mass is 10.0. The highest BCUT2D eigenvalue weighted by molar-refractivity contribution is 5.98. The summed E-state index contributed by atoms with van der Waals surface area (Å²) in [7, 11) is 1.88. The number of halogens is 4. The molecule has 0 aliphatic carbocycles. The van der Waals surface area contributed by atoms with E-state index in [0.717, 1.165) is 34.4 Å². The van der Waals surface area contributed by atoms with Crippen molar-refractivity contribution >= 4 is 34.2 Å². The van der Waals surface area contributed by atoms with Crippen LogP contribution in [0.5, 0.6) is 0 Å². The summed E-state index contributed by atoms with van der Waals surface area (Å²) >= 11 is 0. The van der Waals surface area contributed by atoms with Crippen molar-refractivity contribution in [2.75, 3.05) is 30.4 Å². The maximum Gasteiger partial charge on any atom is 0.418 e. The minimum absolute atomic E-state index is 0.108. The molecule has 0 unspecified atom stereocenters. The molecule has 0 atom stereocenters. The van der Waals surface area contributed by atoms with E-state index in [1.165, 1.54) is 6.21 Å². The van der Waals surface area contributed by atoms with Crippen LogP contribution in [-0.2, 0) is 6.18 Å². The van der Waals surface area contributed by atoms with Gasteiger partial charge in [-0.3, -0.25) is 0 Å². The highest BCUT2D eigenvalue weighted by Crippen LogP contribution is 2.36. The average Bonchev–Trinajstić information content (AvgIpc) is 2.83. The number of rotatable bonds is 6. The molecule has 4 N–H and O–H groups in total. The van der Waals surface area contributed by atoms with E-state index in [1.807, 2.05) is 36.6 Å². The number of benzene rings is 2. The fourth-order valence-electron chi connectivity index (χ4n) is 4.27. The van der Waals surface area contributed by atoms with Crippen molar-refractivity contribution in [1.82, 2.24) is 10.2 Å². The van der Waals surface area contributed by atoms with Crippen molar-refractivity contribution in [2.45, 2.75) is 25.1 Å². The molecule has 6 nitrogen and oxygen atoms in total. The summed E-state index contributed by atoms with van der Waals surface area (Å²) in [5.41, 5.74) is 0.387. The Morgan fingerprint density at radius 2 is 1.82 bits per heavy atom. The van der Waals surface area contributed by atoms with Crippen LogP contribution in [0.15, 0.2) is 48.5 Å². The van der Waals surface area contributed by atoms with Gasteiger partial charge in [-0.05, 0) is 31.0 Å². The topological polar surface area (TPSA) is 81.5 Å². The van der Waals surface area contributed by atoms with Crippen LogP contribution in [-0.4, -0.2) is 42.6 Å². The Labute approximate surface area is 194 Å². The zero-order valence-corrected chi connectivity index (χ0v) is 18.5. The predicted molar refractivity (Wildman–Crippen MR) is 124 cm³/mol. The Bertz CT molecular complexity index is 1220. The Morgan fingerprint density at radius 3 is 2.47 bits per heavy atom. The predicted octanol–water partition coefficient (Wildman–Crippen LogP) is 4.05. The monoisotopic (exact) mass is 473 g/mol. The van der Waals surface area contributed by atoms with Gasteiger partial charge in [-0.2, -0.15) is 13.2 Å². The minimum atomic E-state index is -4.64. The zero-order valence-electron chi connectivity index (χ0n) is 18.5. The average molecular weight is 473 g/mol. The van der Waals surface area contributed by atoms with E-state index < -0.39 is 17.6 Å². The molecule has 1 fully saturated rings. The molecular formula is C24H25F4N6+. The van der Waals surface area contributed by atoms with Gasteiger partial charge in [0.05, 0.1) is 12.6 Å². The third kappa shape index (κ3) is 4.86. The number of nitrogens with one attached hydrogen (secondary N) is 2. The quantitative estimate of drug-likeness (QED) is 0.373. The summed E-state index contributed by atoms with van der Waals surface area (Å²) in [6.07, 6.45) is -0.578. The SMILES string of the molecule is C[NH2+]/C(=C\C=N)c1nnc(N2CCC(Nc3ccc(F)cc3C(F)(F)F)CC2)c2ccccc12. The van der Waals surface area contributed by atoms with Crippen molar-refractivity contribution in [1.29, 1.82) is 5.41 Å². The number of anilines is 2. The van der Waals surface area contributed by atoms with Gasteiger partial charge in [-0.1, -0.05) is 24.3 Å². The number of nitrogens with two attached hydrogens (primary N) is 1. The molecule has 1 aromatic heterocycles. The second-order valence-electron chi connectivity index (χ2n) is 8.09. The molecule has 1 aliphatic heterocycles. The normalized spacial score (nSPS) is 15.6. The summed E-state index contributed by atoms with van der Waals surface area (Å²) in [4.78, 5) is 2.09. The van der Waals surface area contributed by atoms with Gasteiger partial charge >= 0.3 is 6.18 Å². The molecule has 10 heteroatoms. The standard InChI is InChI=1S/C24H24F4N6/c1-30-21(8-11-29)22-17-4-2-3-5-18(17)23(33-32-22)34-12-9-16(10-13-34)31-20-7-6-15(25)14-19(20)24(26,27)28/h2-8,11,14,16,29-31H,9-10,12-13H2,1H3/p+1/b21-8-,29-11?. The van der Waals surface area contributed by atoms with Crippen LogP contribution in [0.3, 0.4) is 0 Å². The molecule has 4 rings (SSSR count). The number of piperidine rings is 1. The van der Waals surface area contributed by atoms with Crippen molar-refractivity contribution in [3.05, 3.63) is 65.6 Å². The third-order valence-corrected chi connectivity index (χ3v) is 5.96. The molecule has 2 heterocycles. The second kappa shape index (κ2) is 9.76. The lowest BCUT2D eigenvalue weighted by Gasteiger charge is -2.34. The van der Waals surface area contributed by atoms with Crippen molar-refractivity contribution in [3.8, 4) is 0 Å². The Hall–Kier alpha value is -3.53. The van der Waals surface area contributed by atoms with E-state index in [4.69, 9.17) is 5.41 Å². The number of nitrogens with zero attached hydrogens (tertiary/aromatic N) is 3. The van der Waals surface area contributed by atoms with Crippen LogP contribution in [0.1, 0.15) is 24.1 Å². The highest BCUT2D eigenvalue weighted by atomic mass is 19.4. The summed E-state index contributed by atoms with van der Waals surface area (Å²) < 4.78 is 53.4. The minimum Gasteiger partial charge on any atom is -0.382 e. The maximum absolute atomic E-state index is 13.4. The molecule has 0 amide bonds. The smallest absolute Gasteiger partial charge is 0.382 e. The van der Waals surface area contributed by atoms with E-state index in [-0.39, 0.29) is 11.7 Å². The van der Waals surface area contributed by atoms with Crippen molar-refractivity contribution in [3.63, 3.8) is 0 Å². The lowest BCUT2D eigenvalue weighted by molar-refractivity contribution is -0.530. The number of quaternary nitrogens is 1. The summed E-state index contributed by atoms with van der Waals surface area (Å²) in [6, 6.07) is 10.3. The van der Waals surface area contributed by atoms with E-state index in [9.17, 15) is 17.6 Å². The van der Waals surface area contributed by atoms with Gasteiger partial charge in [-0.25, -0.2) is 4.39 Å². The molecule has 0 bridgehead atoms.